The van der Waals surface area contributed by atoms with E-state index in [1.165, 1.54) is 18.3 Å². The zero-order valence-corrected chi connectivity index (χ0v) is 13.0. The van der Waals surface area contributed by atoms with Crippen LogP contribution in [0.2, 0.25) is 0 Å². The lowest BCUT2D eigenvalue weighted by atomic mass is 10.2. The topological polar surface area (TPSA) is 63.6 Å². The van der Waals surface area contributed by atoms with Gasteiger partial charge < -0.3 is 4.74 Å². The Morgan fingerprint density at radius 2 is 2.33 bits per heavy atom. The van der Waals surface area contributed by atoms with Crippen molar-refractivity contribution in [3.8, 4) is 5.75 Å². The minimum Gasteiger partial charge on any atom is -0.494 e. The van der Waals surface area contributed by atoms with E-state index in [1.54, 1.807) is 6.21 Å². The molecule has 1 aromatic heterocycles. The number of rotatable bonds is 6. The van der Waals surface area contributed by atoms with Crippen molar-refractivity contribution in [2.24, 2.45) is 5.10 Å². The van der Waals surface area contributed by atoms with Crippen LogP contribution in [-0.4, -0.2) is 23.6 Å². The summed E-state index contributed by atoms with van der Waals surface area (Å²) in [5.41, 5.74) is 4.49. The highest BCUT2D eigenvalue weighted by Crippen LogP contribution is 2.22. The van der Waals surface area contributed by atoms with E-state index in [0.29, 0.717) is 16.6 Å². The van der Waals surface area contributed by atoms with Crippen molar-refractivity contribution in [3.05, 3.63) is 40.4 Å². The van der Waals surface area contributed by atoms with Gasteiger partial charge >= 0.3 is 0 Å². The second kappa shape index (κ2) is 6.99. The van der Waals surface area contributed by atoms with Gasteiger partial charge in [0.25, 0.3) is 0 Å². The molecule has 0 amide bonds. The lowest BCUT2D eigenvalue weighted by Crippen LogP contribution is -1.93. The van der Waals surface area contributed by atoms with E-state index in [1.807, 2.05) is 38.1 Å². The molecule has 1 N–H and O–H groups in total. The number of hydrazone groups is 1. The Bertz CT molecular complexity index is 665. The van der Waals surface area contributed by atoms with Crippen LogP contribution in [-0.2, 0) is 0 Å². The second-order valence-electron chi connectivity index (χ2n) is 4.37. The fourth-order valence-electron chi connectivity index (χ4n) is 1.78. The maximum Gasteiger partial charge on any atom is 0.204 e. The van der Waals surface area contributed by atoms with Gasteiger partial charge in [0.2, 0.25) is 5.13 Å². The molecule has 2 rings (SSSR count). The lowest BCUT2D eigenvalue weighted by Gasteiger charge is -2.02. The Hall–Kier alpha value is -2.21. The third kappa shape index (κ3) is 4.13. The summed E-state index contributed by atoms with van der Waals surface area (Å²) in [5, 5.41) is 4.74. The van der Waals surface area contributed by atoms with Crippen LogP contribution in [0.25, 0.3) is 0 Å². The van der Waals surface area contributed by atoms with Gasteiger partial charge in [-0.3, -0.25) is 10.2 Å². The summed E-state index contributed by atoms with van der Waals surface area (Å²) in [6.45, 7) is 5.92. The minimum absolute atomic E-state index is 0.0199. The van der Waals surface area contributed by atoms with Crippen molar-refractivity contribution >= 4 is 28.5 Å². The summed E-state index contributed by atoms with van der Waals surface area (Å²) in [5.74, 6) is 0.830. The Balaban J connectivity index is 2.03. The third-order valence-electron chi connectivity index (χ3n) is 2.66. The first-order valence-electron chi connectivity index (χ1n) is 6.60. The monoisotopic (exact) mass is 303 g/mol. The van der Waals surface area contributed by atoms with Gasteiger partial charge in [-0.2, -0.15) is 5.10 Å². The fourth-order valence-corrected chi connectivity index (χ4v) is 2.60. The van der Waals surface area contributed by atoms with Crippen LogP contribution in [0.4, 0.5) is 5.13 Å². The number of thiazole rings is 1. The number of carbonyl (C=O) groups is 1. The summed E-state index contributed by atoms with van der Waals surface area (Å²) >= 11 is 1.30. The first kappa shape index (κ1) is 15.2. The minimum atomic E-state index is 0.0199. The van der Waals surface area contributed by atoms with Crippen molar-refractivity contribution < 1.29 is 9.53 Å². The van der Waals surface area contributed by atoms with Crippen LogP contribution in [0.5, 0.6) is 5.75 Å². The van der Waals surface area contributed by atoms with Crippen LogP contribution in [0.1, 0.15) is 34.8 Å². The summed E-state index contributed by atoms with van der Waals surface area (Å²) in [6, 6.07) is 7.65. The Kier molecular flexibility index (Phi) is 5.05. The van der Waals surface area contributed by atoms with Gasteiger partial charge in [-0.25, -0.2) is 4.98 Å². The van der Waals surface area contributed by atoms with Crippen LogP contribution in [0.15, 0.2) is 29.4 Å². The first-order valence-corrected chi connectivity index (χ1v) is 7.42. The Morgan fingerprint density at radius 1 is 1.52 bits per heavy atom. The van der Waals surface area contributed by atoms with Crippen molar-refractivity contribution in [1.29, 1.82) is 0 Å². The fraction of sp³-hybridized carbons (Fsp3) is 0.267. The number of ether oxygens (including phenoxy) is 1. The number of hydrogen-bond acceptors (Lipinski definition) is 6. The normalized spacial score (nSPS) is 10.8. The maximum absolute atomic E-state index is 11.4. The van der Waals surface area contributed by atoms with Crippen molar-refractivity contribution in [1.82, 2.24) is 4.98 Å². The number of ketones is 1. The Morgan fingerprint density at radius 3 is 3.00 bits per heavy atom. The van der Waals surface area contributed by atoms with Gasteiger partial charge in [0, 0.05) is 6.92 Å². The summed E-state index contributed by atoms with van der Waals surface area (Å²) in [7, 11) is 0. The third-order valence-corrected chi connectivity index (χ3v) is 3.82. The number of nitrogens with zero attached hydrogens (tertiary/aromatic N) is 2. The number of benzene rings is 1. The first-order chi connectivity index (χ1) is 10.1. The highest BCUT2D eigenvalue weighted by Gasteiger charge is 2.10. The van der Waals surface area contributed by atoms with E-state index in [-0.39, 0.29) is 5.78 Å². The zero-order chi connectivity index (χ0) is 15.2. The Labute approximate surface area is 127 Å². The predicted octanol–water partition coefficient (Wildman–Crippen LogP) is 3.50. The van der Waals surface area contributed by atoms with Gasteiger partial charge in [0.15, 0.2) is 5.78 Å². The molecule has 0 spiro atoms. The molecule has 0 unspecified atom stereocenters. The number of carbonyl (C=O) groups excluding carboxylic acids is 1. The van der Waals surface area contributed by atoms with Crippen LogP contribution in [0, 0.1) is 6.92 Å². The largest absolute Gasteiger partial charge is 0.494 e. The molecule has 21 heavy (non-hydrogen) atoms. The predicted molar refractivity (Wildman–Crippen MR) is 85.7 cm³/mol. The molecule has 0 fully saturated rings. The molecule has 0 saturated heterocycles. The molecule has 2 aromatic rings. The smallest absolute Gasteiger partial charge is 0.204 e. The maximum atomic E-state index is 11.4. The van der Waals surface area contributed by atoms with Gasteiger partial charge in [-0.05, 0) is 31.5 Å². The molecule has 0 bridgehead atoms. The molecule has 0 atom stereocenters. The molecule has 5 nitrogen and oxygen atoms in total. The summed E-state index contributed by atoms with van der Waals surface area (Å²) in [6.07, 6.45) is 1.69. The number of aromatic nitrogens is 1. The van der Waals surface area contributed by atoms with Gasteiger partial charge in [0.05, 0.1) is 23.4 Å². The van der Waals surface area contributed by atoms with Crippen molar-refractivity contribution in [2.45, 2.75) is 20.8 Å². The average molecular weight is 303 g/mol. The van der Waals surface area contributed by atoms with Gasteiger partial charge in [-0.1, -0.05) is 23.5 Å². The van der Waals surface area contributed by atoms with Crippen molar-refractivity contribution in [2.75, 3.05) is 12.0 Å². The molecule has 0 aliphatic rings. The number of anilines is 1. The standard InChI is InChI=1S/C15H17N3O2S/c1-4-20-13-7-5-6-12(8-13)9-16-18-15-17-10(2)14(21-15)11(3)19/h5-9H,4H2,1-3H3,(H,17,18)/b16-9-. The number of nitrogens with one attached hydrogen (secondary N) is 1. The molecule has 6 heteroatoms. The highest BCUT2D eigenvalue weighted by molar-refractivity contribution is 7.17. The molecule has 110 valence electrons. The van der Waals surface area contributed by atoms with Gasteiger partial charge in [0.1, 0.15) is 5.75 Å². The number of aryl methyl sites for hydroxylation is 1. The molecule has 0 saturated carbocycles. The molecule has 0 aliphatic carbocycles. The molecule has 0 aliphatic heterocycles. The van der Waals surface area contributed by atoms with Crippen LogP contribution in [0.3, 0.4) is 0 Å². The molecule has 1 aromatic carbocycles. The molecular weight excluding hydrogens is 286 g/mol. The van der Waals surface area contributed by atoms with E-state index >= 15 is 0 Å². The summed E-state index contributed by atoms with van der Waals surface area (Å²) in [4.78, 5) is 16.3. The van der Waals surface area contributed by atoms with Crippen LogP contribution >= 0.6 is 11.3 Å². The van der Waals surface area contributed by atoms with E-state index in [9.17, 15) is 4.79 Å². The van der Waals surface area contributed by atoms with E-state index < -0.39 is 0 Å². The van der Waals surface area contributed by atoms with Crippen molar-refractivity contribution in [3.63, 3.8) is 0 Å². The molecular formula is C15H17N3O2S. The number of hydrogen-bond donors (Lipinski definition) is 1. The van der Waals surface area contributed by atoms with Gasteiger partial charge in [-0.15, -0.1) is 0 Å². The van der Waals surface area contributed by atoms with E-state index in [4.69, 9.17) is 4.74 Å². The van der Waals surface area contributed by atoms with Crippen LogP contribution < -0.4 is 10.2 Å². The quantitative estimate of drug-likeness (QED) is 0.504. The second-order valence-corrected chi connectivity index (χ2v) is 5.36. The SMILES string of the molecule is CCOc1cccc(/C=N\Nc2nc(C)c(C(C)=O)s2)c1. The number of Topliss-reactive ketones (excluding diaryl/α,β-unsaturated/α-hetero) is 1. The summed E-state index contributed by atoms with van der Waals surface area (Å²) < 4.78 is 5.43. The van der Waals surface area contributed by atoms with E-state index in [0.717, 1.165) is 17.0 Å². The average Bonchev–Trinajstić information content (AvgIpc) is 2.81. The molecule has 0 radical (unpaired) electrons. The highest BCUT2D eigenvalue weighted by atomic mass is 32.1. The lowest BCUT2D eigenvalue weighted by molar-refractivity contribution is 0.102. The zero-order valence-electron chi connectivity index (χ0n) is 12.2. The van der Waals surface area contributed by atoms with E-state index in [2.05, 4.69) is 15.5 Å². The molecule has 1 heterocycles.